The molecule has 1 aliphatic heterocycles. The van der Waals surface area contributed by atoms with Crippen molar-refractivity contribution in [2.24, 2.45) is 11.0 Å². The van der Waals surface area contributed by atoms with Crippen LogP contribution < -0.4 is 4.74 Å². The van der Waals surface area contributed by atoms with E-state index in [1.54, 1.807) is 0 Å². The summed E-state index contributed by atoms with van der Waals surface area (Å²) in [5, 5.41) is 7.42. The van der Waals surface area contributed by atoms with Crippen LogP contribution in [0.2, 0.25) is 0 Å². The van der Waals surface area contributed by atoms with Gasteiger partial charge in [0.25, 0.3) is 0 Å². The molecule has 4 heteroatoms. The van der Waals surface area contributed by atoms with Crippen LogP contribution in [0.4, 0.5) is 0 Å². The second-order valence-corrected chi connectivity index (χ2v) is 8.66. The zero-order valence-electron chi connectivity index (χ0n) is 18.1. The van der Waals surface area contributed by atoms with E-state index in [1.807, 2.05) is 0 Å². The fourth-order valence-corrected chi connectivity index (χ4v) is 5.51. The van der Waals surface area contributed by atoms with Crippen molar-refractivity contribution in [2.75, 3.05) is 34.3 Å². The van der Waals surface area contributed by atoms with E-state index in [-0.39, 0.29) is 5.41 Å². The van der Waals surface area contributed by atoms with Crippen LogP contribution in [0.25, 0.3) is 0 Å². The first kappa shape index (κ1) is 20.0. The largest absolute Gasteiger partial charge is 0.494 e. The Balaban J connectivity index is 1.82. The van der Waals surface area contributed by atoms with Crippen molar-refractivity contribution in [3.05, 3.63) is 65.7 Å². The van der Waals surface area contributed by atoms with Crippen LogP contribution in [0.15, 0.2) is 59.7 Å². The van der Waals surface area contributed by atoms with E-state index in [2.05, 4.69) is 92.6 Å². The van der Waals surface area contributed by atoms with E-state index >= 15 is 0 Å². The van der Waals surface area contributed by atoms with Crippen LogP contribution in [-0.4, -0.2) is 49.9 Å². The van der Waals surface area contributed by atoms with Crippen molar-refractivity contribution in [2.45, 2.75) is 37.6 Å². The molecule has 0 saturated heterocycles. The molecule has 154 valence electrons. The third-order valence-electron chi connectivity index (χ3n) is 6.44. The molecule has 2 aromatic rings. The second kappa shape index (κ2) is 8.19. The van der Waals surface area contributed by atoms with Gasteiger partial charge in [0.15, 0.2) is 0 Å². The van der Waals surface area contributed by atoms with Crippen molar-refractivity contribution in [3.63, 3.8) is 0 Å². The Morgan fingerprint density at radius 3 is 2.55 bits per heavy atom. The topological polar surface area (TPSA) is 28.1 Å². The Bertz CT molecular complexity index is 863. The maximum Gasteiger partial charge on any atom is 0.123 e. The van der Waals surface area contributed by atoms with Crippen molar-refractivity contribution < 1.29 is 4.74 Å². The van der Waals surface area contributed by atoms with Crippen molar-refractivity contribution in [1.82, 2.24) is 9.91 Å². The van der Waals surface area contributed by atoms with Crippen molar-refractivity contribution in [3.8, 4) is 5.75 Å². The van der Waals surface area contributed by atoms with Gasteiger partial charge in [-0.05, 0) is 45.5 Å². The Morgan fingerprint density at radius 1 is 1.10 bits per heavy atom. The number of hydrogen-bond donors (Lipinski definition) is 0. The summed E-state index contributed by atoms with van der Waals surface area (Å²) in [5.74, 6) is 1.44. The average Bonchev–Trinajstić information content (AvgIpc) is 3.06. The lowest BCUT2D eigenvalue weighted by atomic mass is 9.62. The van der Waals surface area contributed by atoms with E-state index in [0.717, 1.165) is 18.7 Å². The highest BCUT2D eigenvalue weighted by Gasteiger charge is 2.51. The fraction of sp³-hybridized carbons (Fsp3) is 0.480. The van der Waals surface area contributed by atoms with E-state index in [4.69, 9.17) is 9.84 Å². The standard InChI is InChI=1S/C25H33N3O/c1-5-29-22-16-10-9-15-21(22)25(18-27(2)3)17-11-14-20-23(28(4)26-24(20)25)19-12-7-6-8-13-19/h6-10,12-13,15-16,20,23H,5,11,14,17-18H2,1-4H3. The van der Waals surface area contributed by atoms with Gasteiger partial charge in [0.2, 0.25) is 0 Å². The molecule has 2 aliphatic rings. The number of rotatable bonds is 6. The monoisotopic (exact) mass is 391 g/mol. The van der Waals surface area contributed by atoms with Gasteiger partial charge in [-0.3, -0.25) is 5.01 Å². The van der Waals surface area contributed by atoms with E-state index in [0.29, 0.717) is 18.6 Å². The van der Waals surface area contributed by atoms with Crippen LogP contribution >= 0.6 is 0 Å². The first-order valence-electron chi connectivity index (χ1n) is 10.8. The molecule has 0 N–H and O–H groups in total. The summed E-state index contributed by atoms with van der Waals surface area (Å²) in [5.41, 5.74) is 3.87. The van der Waals surface area contributed by atoms with Crippen LogP contribution in [0.1, 0.15) is 43.4 Å². The molecule has 4 nitrogen and oxygen atoms in total. The number of likely N-dealkylation sites (N-methyl/N-ethyl adjacent to an activating group) is 1. The summed E-state index contributed by atoms with van der Waals surface area (Å²) < 4.78 is 6.10. The summed E-state index contributed by atoms with van der Waals surface area (Å²) >= 11 is 0. The smallest absolute Gasteiger partial charge is 0.123 e. The van der Waals surface area contributed by atoms with Crippen molar-refractivity contribution in [1.29, 1.82) is 0 Å². The number of ether oxygens (including phenoxy) is 1. The lowest BCUT2D eigenvalue weighted by Gasteiger charge is -2.43. The van der Waals surface area contributed by atoms with Crippen LogP contribution in [0, 0.1) is 5.92 Å². The molecule has 1 heterocycles. The normalized spacial score (nSPS) is 26.4. The van der Waals surface area contributed by atoms with E-state index in [1.165, 1.54) is 29.7 Å². The Hall–Kier alpha value is -2.33. The minimum Gasteiger partial charge on any atom is -0.494 e. The van der Waals surface area contributed by atoms with Gasteiger partial charge in [0, 0.05) is 25.1 Å². The molecule has 1 fully saturated rings. The first-order valence-corrected chi connectivity index (χ1v) is 10.8. The molecule has 0 spiro atoms. The van der Waals surface area contributed by atoms with Gasteiger partial charge >= 0.3 is 0 Å². The van der Waals surface area contributed by atoms with Gasteiger partial charge < -0.3 is 9.64 Å². The van der Waals surface area contributed by atoms with Gasteiger partial charge in [-0.2, -0.15) is 5.10 Å². The lowest BCUT2D eigenvalue weighted by molar-refractivity contribution is 0.227. The minimum atomic E-state index is -0.115. The highest BCUT2D eigenvalue weighted by atomic mass is 16.5. The summed E-state index contributed by atoms with van der Waals surface area (Å²) in [6.07, 6.45) is 3.50. The van der Waals surface area contributed by atoms with E-state index in [9.17, 15) is 0 Å². The van der Waals surface area contributed by atoms with Crippen LogP contribution in [0.5, 0.6) is 5.75 Å². The Morgan fingerprint density at radius 2 is 1.83 bits per heavy atom. The summed E-state index contributed by atoms with van der Waals surface area (Å²) in [6, 6.07) is 19.8. The van der Waals surface area contributed by atoms with Gasteiger partial charge in [0.1, 0.15) is 5.75 Å². The summed E-state index contributed by atoms with van der Waals surface area (Å²) in [7, 11) is 6.48. The first-order chi connectivity index (χ1) is 14.1. The summed E-state index contributed by atoms with van der Waals surface area (Å²) in [6.45, 7) is 3.69. The van der Waals surface area contributed by atoms with Gasteiger partial charge in [-0.1, -0.05) is 55.0 Å². The maximum absolute atomic E-state index is 6.10. The molecular weight excluding hydrogens is 358 g/mol. The molecule has 0 bridgehead atoms. The van der Waals surface area contributed by atoms with Gasteiger partial charge in [0.05, 0.1) is 23.8 Å². The van der Waals surface area contributed by atoms with Crippen LogP contribution in [-0.2, 0) is 5.41 Å². The fourth-order valence-electron chi connectivity index (χ4n) is 5.51. The predicted octanol–water partition coefficient (Wildman–Crippen LogP) is 4.73. The number of nitrogens with zero attached hydrogens (tertiary/aromatic N) is 3. The molecule has 0 radical (unpaired) electrons. The number of fused-ring (bicyclic) bond motifs is 1. The lowest BCUT2D eigenvalue weighted by Crippen LogP contribution is -2.49. The number of hydrogen-bond acceptors (Lipinski definition) is 4. The quantitative estimate of drug-likeness (QED) is 0.713. The number of benzene rings is 2. The van der Waals surface area contributed by atoms with Crippen molar-refractivity contribution >= 4 is 5.71 Å². The number of para-hydroxylation sites is 1. The molecular formula is C25H33N3O. The zero-order chi connectivity index (χ0) is 20.4. The molecule has 3 atom stereocenters. The SMILES string of the molecule is CCOc1ccccc1C1(CN(C)C)CCCC2C1=NN(C)C2c1ccccc1. The molecule has 1 saturated carbocycles. The Kier molecular flexibility index (Phi) is 5.64. The maximum atomic E-state index is 6.10. The molecule has 29 heavy (non-hydrogen) atoms. The summed E-state index contributed by atoms with van der Waals surface area (Å²) in [4.78, 5) is 2.31. The molecule has 4 rings (SSSR count). The second-order valence-electron chi connectivity index (χ2n) is 8.66. The van der Waals surface area contributed by atoms with E-state index < -0.39 is 0 Å². The molecule has 2 aromatic carbocycles. The highest BCUT2D eigenvalue weighted by molar-refractivity contribution is 6.00. The number of hydrazone groups is 1. The molecule has 0 amide bonds. The third-order valence-corrected chi connectivity index (χ3v) is 6.44. The molecule has 3 unspecified atom stereocenters. The zero-order valence-corrected chi connectivity index (χ0v) is 18.1. The molecule has 1 aliphatic carbocycles. The van der Waals surface area contributed by atoms with Crippen LogP contribution in [0.3, 0.4) is 0 Å². The predicted molar refractivity (Wildman–Crippen MR) is 120 cm³/mol. The minimum absolute atomic E-state index is 0.115. The van der Waals surface area contributed by atoms with Gasteiger partial charge in [-0.15, -0.1) is 0 Å². The van der Waals surface area contributed by atoms with Gasteiger partial charge in [-0.25, -0.2) is 0 Å². The average molecular weight is 392 g/mol. The molecule has 0 aromatic heterocycles. The Labute approximate surface area is 175 Å². The third kappa shape index (κ3) is 3.55. The highest BCUT2D eigenvalue weighted by Crippen LogP contribution is 2.51.